The molecular formula is C37H47ClN2O5S. The minimum Gasteiger partial charge on any atom is -0.490 e. The van der Waals surface area contributed by atoms with Gasteiger partial charge in [-0.15, -0.1) is 0 Å². The lowest BCUT2D eigenvalue weighted by Gasteiger charge is -2.50. The third-order valence-corrected chi connectivity index (χ3v) is 13.4. The fourth-order valence-corrected chi connectivity index (χ4v) is 9.66. The van der Waals surface area contributed by atoms with Gasteiger partial charge >= 0.3 is 0 Å². The number of anilines is 1. The van der Waals surface area contributed by atoms with Crippen molar-refractivity contribution in [3.8, 4) is 5.75 Å². The number of nitrogens with zero attached hydrogens (tertiary/aromatic N) is 1. The Morgan fingerprint density at radius 2 is 2.00 bits per heavy atom. The molecule has 0 radical (unpaired) electrons. The average Bonchev–Trinajstić information content (AvgIpc) is 3.17. The lowest BCUT2D eigenvalue weighted by atomic mass is 9.63. The van der Waals surface area contributed by atoms with E-state index in [1.165, 1.54) is 11.1 Å². The van der Waals surface area contributed by atoms with E-state index >= 15 is 0 Å². The normalized spacial score (nSPS) is 33.2. The number of nitrogens with one attached hydrogen (secondary N) is 1. The number of carbonyl (C=O) groups is 1. The van der Waals surface area contributed by atoms with E-state index in [1.54, 1.807) is 20.1 Å². The maximum absolute atomic E-state index is 13.5. The number of carbonyl (C=O) groups excluding carboxylic acids is 1. The fraction of sp³-hybridized carbons (Fsp3) is 0.541. The van der Waals surface area contributed by atoms with Crippen LogP contribution in [0, 0.1) is 17.8 Å². The molecule has 6 rings (SSSR count). The van der Waals surface area contributed by atoms with Crippen LogP contribution in [0.25, 0.3) is 0 Å². The van der Waals surface area contributed by atoms with E-state index in [-0.39, 0.29) is 17.3 Å². The van der Waals surface area contributed by atoms with Crippen molar-refractivity contribution in [2.24, 2.45) is 17.8 Å². The Bertz CT molecular complexity index is 1640. The third kappa shape index (κ3) is 6.13. The first-order valence-electron chi connectivity index (χ1n) is 16.7. The predicted octanol–water partition coefficient (Wildman–Crippen LogP) is 7.23. The number of benzene rings is 2. The third-order valence-electron chi connectivity index (χ3n) is 11.3. The Hall–Kier alpha value is -2.81. The van der Waals surface area contributed by atoms with Gasteiger partial charge in [-0.05, 0) is 118 Å². The van der Waals surface area contributed by atoms with Gasteiger partial charge in [0.15, 0.2) is 0 Å². The van der Waals surface area contributed by atoms with Crippen molar-refractivity contribution in [3.05, 3.63) is 82.4 Å². The van der Waals surface area contributed by atoms with Gasteiger partial charge in [0, 0.05) is 36.2 Å². The lowest BCUT2D eigenvalue weighted by Crippen LogP contribution is -2.53. The Balaban J connectivity index is 1.46. The first kappa shape index (κ1) is 33.1. The van der Waals surface area contributed by atoms with E-state index in [0.717, 1.165) is 62.3 Å². The van der Waals surface area contributed by atoms with E-state index in [2.05, 4.69) is 46.1 Å². The molecule has 1 amide bonds. The molecule has 4 aliphatic rings. The van der Waals surface area contributed by atoms with Crippen molar-refractivity contribution in [1.82, 2.24) is 4.72 Å². The molecule has 2 bridgehead atoms. The standard InChI is InChI=1S/C37H47ClN2O5S/c1-5-6-18-37(44-4)19-7-9-25(2)26(3)46(42,43)39-35(41)28-12-16-34-33(21-28)40(22-29-11-14-32(29)37)23-36(24-45-34)17-8-10-27-20-30(38)13-15-31(27)36/h5-7,12-13,15-16,19-21,25-26,29,32H,8-11,14,17-18,22-24H2,1-4H3,(H,39,41)/b6-5+,19-7+/t25-,26+,29-,32+,36-,37-/m0/s1. The average molecular weight is 667 g/mol. The van der Waals surface area contributed by atoms with Crippen molar-refractivity contribution < 1.29 is 22.7 Å². The highest BCUT2D eigenvalue weighted by Gasteiger charge is 2.48. The smallest absolute Gasteiger partial charge is 0.264 e. The molecule has 9 heteroatoms. The second kappa shape index (κ2) is 13.0. The summed E-state index contributed by atoms with van der Waals surface area (Å²) in [5.41, 5.74) is 2.93. The van der Waals surface area contributed by atoms with Crippen molar-refractivity contribution in [3.63, 3.8) is 0 Å². The van der Waals surface area contributed by atoms with Gasteiger partial charge in [0.25, 0.3) is 5.91 Å². The number of methoxy groups -OCH3 is 1. The van der Waals surface area contributed by atoms with Crippen LogP contribution in [0.2, 0.25) is 5.02 Å². The molecule has 1 N–H and O–H groups in total. The van der Waals surface area contributed by atoms with Crippen LogP contribution in [0.15, 0.2) is 60.7 Å². The summed E-state index contributed by atoms with van der Waals surface area (Å²) in [4.78, 5) is 15.9. The molecule has 46 heavy (non-hydrogen) atoms. The van der Waals surface area contributed by atoms with E-state index in [4.69, 9.17) is 21.1 Å². The van der Waals surface area contributed by atoms with Crippen LogP contribution in [0.3, 0.4) is 0 Å². The Kier molecular flexibility index (Phi) is 9.36. The number of hydrogen-bond acceptors (Lipinski definition) is 6. The highest BCUT2D eigenvalue weighted by molar-refractivity contribution is 7.90. The van der Waals surface area contributed by atoms with Crippen LogP contribution < -0.4 is 14.4 Å². The van der Waals surface area contributed by atoms with Gasteiger partial charge in [0.2, 0.25) is 10.0 Å². The molecule has 248 valence electrons. The van der Waals surface area contributed by atoms with Gasteiger partial charge in [0.1, 0.15) is 5.75 Å². The molecule has 2 aromatic carbocycles. The molecule has 2 aliphatic heterocycles. The summed E-state index contributed by atoms with van der Waals surface area (Å²) in [7, 11) is -2.13. The monoisotopic (exact) mass is 666 g/mol. The number of fused-ring (bicyclic) bond motifs is 4. The molecule has 2 aliphatic carbocycles. The van der Waals surface area contributed by atoms with Crippen LogP contribution in [0.4, 0.5) is 5.69 Å². The lowest BCUT2D eigenvalue weighted by molar-refractivity contribution is -0.0729. The zero-order valence-electron chi connectivity index (χ0n) is 27.4. The zero-order chi connectivity index (χ0) is 32.7. The number of allylic oxidation sites excluding steroid dienone is 2. The Labute approximate surface area is 279 Å². The molecule has 2 heterocycles. The van der Waals surface area contributed by atoms with Crippen LogP contribution in [-0.2, 0) is 26.6 Å². The van der Waals surface area contributed by atoms with Gasteiger partial charge in [-0.25, -0.2) is 13.1 Å². The van der Waals surface area contributed by atoms with Crippen molar-refractivity contribution in [1.29, 1.82) is 0 Å². The van der Waals surface area contributed by atoms with Crippen molar-refractivity contribution >= 4 is 33.2 Å². The van der Waals surface area contributed by atoms with Gasteiger partial charge < -0.3 is 14.4 Å². The zero-order valence-corrected chi connectivity index (χ0v) is 29.0. The van der Waals surface area contributed by atoms with Crippen molar-refractivity contribution in [2.75, 3.05) is 31.7 Å². The van der Waals surface area contributed by atoms with E-state index in [0.29, 0.717) is 30.3 Å². The summed E-state index contributed by atoms with van der Waals surface area (Å²) in [5.74, 6) is 0.522. The van der Waals surface area contributed by atoms with Crippen molar-refractivity contribution in [2.45, 2.75) is 82.0 Å². The van der Waals surface area contributed by atoms with Gasteiger partial charge in [-0.3, -0.25) is 4.79 Å². The second-order valence-corrected chi connectivity index (χ2v) is 16.4. The van der Waals surface area contributed by atoms with E-state index in [9.17, 15) is 13.2 Å². The van der Waals surface area contributed by atoms with Gasteiger partial charge in [-0.1, -0.05) is 48.9 Å². The van der Waals surface area contributed by atoms with Crippen LogP contribution in [0.5, 0.6) is 5.75 Å². The summed E-state index contributed by atoms with van der Waals surface area (Å²) >= 11 is 6.45. The van der Waals surface area contributed by atoms with Crippen LogP contribution in [0.1, 0.15) is 80.8 Å². The maximum atomic E-state index is 13.5. The van der Waals surface area contributed by atoms with Gasteiger partial charge in [-0.2, -0.15) is 0 Å². The Morgan fingerprint density at radius 3 is 2.74 bits per heavy atom. The number of ether oxygens (including phenoxy) is 2. The summed E-state index contributed by atoms with van der Waals surface area (Å²) in [6.07, 6.45) is 15.0. The number of aryl methyl sites for hydroxylation is 1. The largest absolute Gasteiger partial charge is 0.490 e. The summed E-state index contributed by atoms with van der Waals surface area (Å²) in [6, 6.07) is 11.6. The molecular weight excluding hydrogens is 620 g/mol. The van der Waals surface area contributed by atoms with Gasteiger partial charge in [0.05, 0.1) is 23.1 Å². The van der Waals surface area contributed by atoms with E-state index < -0.39 is 26.8 Å². The number of sulfonamides is 1. The molecule has 1 saturated carbocycles. The maximum Gasteiger partial charge on any atom is 0.264 e. The molecule has 6 atom stereocenters. The highest BCUT2D eigenvalue weighted by Crippen LogP contribution is 2.50. The summed E-state index contributed by atoms with van der Waals surface area (Å²) in [6.45, 7) is 7.63. The van der Waals surface area contributed by atoms with Crippen LogP contribution in [-0.4, -0.2) is 52.0 Å². The SMILES string of the molecule is C/C=C/C[C@]1(OC)/C=C/C[C@H](C)[C@@H](C)S(=O)(=O)NC(=O)c2ccc3c(c2)N(C[C@@H]2CC[C@H]21)C[C@@]1(CCCc2cc(Cl)ccc21)CO3. The Morgan fingerprint density at radius 1 is 1.17 bits per heavy atom. The molecule has 1 fully saturated rings. The second-order valence-electron chi connectivity index (χ2n) is 14.0. The molecule has 0 saturated heterocycles. The topological polar surface area (TPSA) is 84.9 Å². The molecule has 7 nitrogen and oxygen atoms in total. The molecule has 0 aromatic heterocycles. The number of rotatable bonds is 3. The quantitative estimate of drug-likeness (QED) is 0.348. The van der Waals surface area contributed by atoms with Crippen LogP contribution >= 0.6 is 11.6 Å². The number of amides is 1. The number of halogens is 1. The summed E-state index contributed by atoms with van der Waals surface area (Å²) in [5, 5.41) is -0.0197. The highest BCUT2D eigenvalue weighted by atomic mass is 35.5. The molecule has 1 spiro atoms. The first-order chi connectivity index (χ1) is 22.0. The minimum absolute atomic E-state index is 0.205. The minimum atomic E-state index is -3.93. The number of hydrogen-bond donors (Lipinski definition) is 1. The first-order valence-corrected chi connectivity index (χ1v) is 18.6. The molecule has 0 unspecified atom stereocenters. The van der Waals surface area contributed by atoms with E-state index in [1.807, 2.05) is 32.0 Å². The summed E-state index contributed by atoms with van der Waals surface area (Å²) < 4.78 is 42.2. The fourth-order valence-electron chi connectivity index (χ4n) is 8.18. The predicted molar refractivity (Wildman–Crippen MR) is 184 cm³/mol. The molecule has 2 aromatic rings.